The molecule has 1 fully saturated rings. The number of carbonyl (C=O) groups excluding carboxylic acids is 2. The molecule has 0 spiro atoms. The molecule has 1 aliphatic carbocycles. The van der Waals surface area contributed by atoms with Gasteiger partial charge in [0.2, 0.25) is 11.9 Å². The fourth-order valence-electron chi connectivity index (χ4n) is 3.64. The monoisotopic (exact) mass is 464 g/mol. The second-order valence-electron chi connectivity index (χ2n) is 8.15. The van der Waals surface area contributed by atoms with Gasteiger partial charge in [0.25, 0.3) is 0 Å². The molecular weight excluding hydrogens is 441 g/mol. The average Bonchev–Trinajstić information content (AvgIpc) is 2.71. The molecule has 3 heterocycles. The van der Waals surface area contributed by atoms with E-state index in [1.807, 2.05) is 0 Å². The fourth-order valence-corrected chi connectivity index (χ4v) is 3.64. The second-order valence-corrected chi connectivity index (χ2v) is 8.15. The second kappa shape index (κ2) is 8.37. The third-order valence-electron chi connectivity index (χ3n) is 5.73. The molecule has 1 atom stereocenters. The van der Waals surface area contributed by atoms with Gasteiger partial charge in [-0.3, -0.25) is 4.79 Å². The summed E-state index contributed by atoms with van der Waals surface area (Å²) in [6, 6.07) is 1.02. The average molecular weight is 464 g/mol. The van der Waals surface area contributed by atoms with Crippen LogP contribution in [0.1, 0.15) is 31.2 Å². The number of likely N-dealkylation sites (N-methyl/N-ethyl adjacent to an activating group) is 1. The highest BCUT2D eigenvalue weighted by molar-refractivity contribution is 6.03. The molecule has 0 saturated heterocycles. The number of nitrogens with zero attached hydrogens (tertiary/aromatic N) is 4. The highest BCUT2D eigenvalue weighted by Gasteiger charge is 2.34. The number of amides is 3. The van der Waals surface area contributed by atoms with E-state index >= 15 is 0 Å². The van der Waals surface area contributed by atoms with Crippen LogP contribution < -0.4 is 26.2 Å². The van der Waals surface area contributed by atoms with Crippen LogP contribution in [0, 0.1) is 6.92 Å². The van der Waals surface area contributed by atoms with Gasteiger partial charge in [0.1, 0.15) is 17.4 Å². The third-order valence-corrected chi connectivity index (χ3v) is 5.73. The lowest BCUT2D eigenvalue weighted by molar-refractivity contribution is -0.141. The number of aryl methyl sites for hydroxylation is 1. The zero-order valence-corrected chi connectivity index (χ0v) is 18.1. The van der Waals surface area contributed by atoms with Crippen molar-refractivity contribution in [3.8, 4) is 0 Å². The van der Waals surface area contributed by atoms with Gasteiger partial charge in [-0.1, -0.05) is 0 Å². The number of halogens is 3. The Morgan fingerprint density at radius 3 is 2.58 bits per heavy atom. The molecule has 0 radical (unpaired) electrons. The molecule has 3 amide bonds. The Hall–Kier alpha value is -3.64. The Balaban J connectivity index is 1.28. The lowest BCUT2D eigenvalue weighted by atomic mass is 9.87. The topological polar surface area (TPSA) is 124 Å². The Morgan fingerprint density at radius 2 is 1.94 bits per heavy atom. The third kappa shape index (κ3) is 4.76. The first kappa shape index (κ1) is 22.6. The Bertz CT molecular complexity index is 1070. The van der Waals surface area contributed by atoms with Crippen molar-refractivity contribution in [2.24, 2.45) is 0 Å². The minimum atomic E-state index is -4.53. The van der Waals surface area contributed by atoms with Crippen LogP contribution in [-0.4, -0.2) is 52.1 Å². The fraction of sp³-hybridized carbons (Fsp3) is 0.450. The van der Waals surface area contributed by atoms with Crippen LogP contribution in [0.4, 0.5) is 41.1 Å². The van der Waals surface area contributed by atoms with E-state index in [9.17, 15) is 22.8 Å². The summed E-state index contributed by atoms with van der Waals surface area (Å²) in [7, 11) is 1.80. The summed E-state index contributed by atoms with van der Waals surface area (Å²) in [5, 5.41) is 11.3. The van der Waals surface area contributed by atoms with Crippen LogP contribution in [0.2, 0.25) is 0 Å². The molecule has 176 valence electrons. The van der Waals surface area contributed by atoms with E-state index in [2.05, 4.69) is 36.2 Å². The van der Waals surface area contributed by atoms with Crippen molar-refractivity contribution in [3.63, 3.8) is 0 Å². The van der Waals surface area contributed by atoms with E-state index in [-0.39, 0.29) is 29.7 Å². The number of alkyl halides is 3. The van der Waals surface area contributed by atoms with Crippen molar-refractivity contribution >= 4 is 35.1 Å². The van der Waals surface area contributed by atoms with E-state index in [1.165, 1.54) is 0 Å². The Labute approximate surface area is 187 Å². The molecule has 13 heteroatoms. The quantitative estimate of drug-likeness (QED) is 0.549. The standard InChI is InChI=1S/C20H23F3N8O2/c1-9-15-16(31(3)10(2)17(32)29-15)30-18(25-9)26-12-6-13(7-12)28-19(33)27-11-4-5-14(24-8-11)20(21,22)23/h4-5,8,10,12-13H,6-7H2,1-3H3,(H,29,32)(H,25,26,30)(H2,27,28,33)/t10-,12?,13?/m0/s1. The summed E-state index contributed by atoms with van der Waals surface area (Å²) >= 11 is 0. The number of nitrogens with one attached hydrogen (secondary N) is 4. The minimum absolute atomic E-state index is 0.0430. The minimum Gasteiger partial charge on any atom is -0.351 e. The first-order chi connectivity index (χ1) is 15.5. The summed E-state index contributed by atoms with van der Waals surface area (Å²) in [4.78, 5) is 38.2. The van der Waals surface area contributed by atoms with E-state index in [0.29, 0.717) is 36.0 Å². The molecule has 1 saturated carbocycles. The van der Waals surface area contributed by atoms with Crippen molar-refractivity contribution in [1.29, 1.82) is 0 Å². The molecule has 0 bridgehead atoms. The van der Waals surface area contributed by atoms with Gasteiger partial charge in [0.15, 0.2) is 5.82 Å². The molecule has 33 heavy (non-hydrogen) atoms. The highest BCUT2D eigenvalue weighted by Crippen LogP contribution is 2.33. The number of anilines is 4. The number of rotatable bonds is 4. The summed E-state index contributed by atoms with van der Waals surface area (Å²) in [6.07, 6.45) is -2.32. The molecule has 0 unspecified atom stereocenters. The van der Waals surface area contributed by atoms with Gasteiger partial charge < -0.3 is 26.2 Å². The van der Waals surface area contributed by atoms with Crippen LogP contribution >= 0.6 is 0 Å². The van der Waals surface area contributed by atoms with Crippen molar-refractivity contribution in [3.05, 3.63) is 29.7 Å². The van der Waals surface area contributed by atoms with E-state index < -0.39 is 17.9 Å². The van der Waals surface area contributed by atoms with Crippen molar-refractivity contribution in [1.82, 2.24) is 20.3 Å². The molecule has 1 aliphatic heterocycles. The van der Waals surface area contributed by atoms with Crippen LogP contribution in [0.3, 0.4) is 0 Å². The van der Waals surface area contributed by atoms with Crippen molar-refractivity contribution in [2.45, 2.75) is 51.0 Å². The van der Waals surface area contributed by atoms with Gasteiger partial charge in [0.05, 0.1) is 17.6 Å². The number of carbonyl (C=O) groups is 2. The largest absolute Gasteiger partial charge is 0.433 e. The van der Waals surface area contributed by atoms with Gasteiger partial charge in [0, 0.05) is 19.1 Å². The molecule has 2 aliphatic rings. The molecule has 4 rings (SSSR count). The summed E-state index contributed by atoms with van der Waals surface area (Å²) < 4.78 is 37.7. The Kier molecular flexibility index (Phi) is 5.72. The summed E-state index contributed by atoms with van der Waals surface area (Å²) in [6.45, 7) is 3.58. The van der Waals surface area contributed by atoms with Gasteiger partial charge in [-0.05, 0) is 38.8 Å². The first-order valence-electron chi connectivity index (χ1n) is 10.3. The van der Waals surface area contributed by atoms with Crippen LogP contribution in [-0.2, 0) is 11.0 Å². The molecule has 10 nitrogen and oxygen atoms in total. The van der Waals surface area contributed by atoms with Gasteiger partial charge >= 0.3 is 12.2 Å². The zero-order valence-electron chi connectivity index (χ0n) is 18.1. The highest BCUT2D eigenvalue weighted by atomic mass is 19.4. The lowest BCUT2D eigenvalue weighted by Gasteiger charge is -2.37. The number of pyridine rings is 1. The first-order valence-corrected chi connectivity index (χ1v) is 10.3. The van der Waals surface area contributed by atoms with Crippen LogP contribution in [0.15, 0.2) is 18.3 Å². The summed E-state index contributed by atoms with van der Waals surface area (Å²) in [5.74, 6) is 0.955. The maximum absolute atomic E-state index is 12.6. The number of fused-ring (bicyclic) bond motifs is 1. The normalized spacial score (nSPS) is 22.1. The SMILES string of the molecule is Cc1nc(NC2CC(NC(=O)Nc3ccc(C(F)(F)F)nc3)C2)nc2c1NC(=O)[C@H](C)N2C. The molecule has 2 aromatic rings. The molecule has 0 aromatic carbocycles. The zero-order chi connectivity index (χ0) is 23.9. The molecule has 2 aromatic heterocycles. The van der Waals surface area contributed by atoms with Crippen molar-refractivity contribution in [2.75, 3.05) is 27.9 Å². The maximum Gasteiger partial charge on any atom is 0.433 e. The lowest BCUT2D eigenvalue weighted by Crippen LogP contribution is -2.51. The molecular formula is C20H23F3N8O2. The smallest absolute Gasteiger partial charge is 0.351 e. The Morgan fingerprint density at radius 1 is 1.21 bits per heavy atom. The van der Waals surface area contributed by atoms with E-state index in [4.69, 9.17) is 0 Å². The van der Waals surface area contributed by atoms with Gasteiger partial charge in [-0.2, -0.15) is 18.2 Å². The van der Waals surface area contributed by atoms with Gasteiger partial charge in [-0.15, -0.1) is 0 Å². The maximum atomic E-state index is 12.6. The van der Waals surface area contributed by atoms with Gasteiger partial charge in [-0.25, -0.2) is 14.8 Å². The van der Waals surface area contributed by atoms with E-state index in [1.54, 1.807) is 25.8 Å². The van der Waals surface area contributed by atoms with Crippen LogP contribution in [0.25, 0.3) is 0 Å². The molecule has 4 N–H and O–H groups in total. The van der Waals surface area contributed by atoms with E-state index in [0.717, 1.165) is 18.3 Å². The number of hydrogen-bond donors (Lipinski definition) is 4. The summed E-state index contributed by atoms with van der Waals surface area (Å²) in [5.41, 5.74) is 0.378. The van der Waals surface area contributed by atoms with Crippen LogP contribution in [0.5, 0.6) is 0 Å². The van der Waals surface area contributed by atoms with Crippen molar-refractivity contribution < 1.29 is 22.8 Å². The number of hydrogen-bond acceptors (Lipinski definition) is 7. The predicted molar refractivity (Wildman–Crippen MR) is 115 cm³/mol. The number of aromatic nitrogens is 3. The predicted octanol–water partition coefficient (Wildman–Crippen LogP) is 2.74. The number of urea groups is 1.